The van der Waals surface area contributed by atoms with Crippen molar-refractivity contribution in [2.75, 3.05) is 19.3 Å². The fraction of sp³-hybridized carbons (Fsp3) is 0.312. The summed E-state index contributed by atoms with van der Waals surface area (Å²) in [7, 11) is -4.27. The second kappa shape index (κ2) is 11.8. The van der Waals surface area contributed by atoms with Crippen LogP contribution in [0, 0.1) is 18.6 Å². The minimum Gasteiger partial charge on any atom is -0.507 e. The van der Waals surface area contributed by atoms with Gasteiger partial charge in [-0.1, -0.05) is 26.5 Å². The van der Waals surface area contributed by atoms with Gasteiger partial charge in [0.25, 0.3) is 11.5 Å². The first-order valence-corrected chi connectivity index (χ1v) is 16.1. The van der Waals surface area contributed by atoms with Crippen molar-refractivity contribution in [3.05, 3.63) is 87.7 Å². The summed E-state index contributed by atoms with van der Waals surface area (Å²) >= 11 is 0. The van der Waals surface area contributed by atoms with Gasteiger partial charge in [-0.3, -0.25) is 19.1 Å². The Morgan fingerprint density at radius 3 is 2.38 bits per heavy atom. The van der Waals surface area contributed by atoms with Crippen LogP contribution in [0.25, 0.3) is 28.0 Å². The quantitative estimate of drug-likeness (QED) is 0.278. The highest BCUT2D eigenvalue weighted by Gasteiger charge is 2.35. The van der Waals surface area contributed by atoms with Crippen LogP contribution in [0.5, 0.6) is 5.75 Å². The van der Waals surface area contributed by atoms with E-state index in [1.165, 1.54) is 11.0 Å². The topological polar surface area (TPSA) is 122 Å². The number of likely N-dealkylation sites (tertiary alicyclic amines) is 1. The number of carbonyl (C=O) groups is 1. The molecule has 1 aliphatic rings. The normalized spacial score (nSPS) is 14.4. The number of piperidine rings is 1. The van der Waals surface area contributed by atoms with E-state index in [2.05, 4.69) is 16.5 Å². The number of sulfone groups is 1. The van der Waals surface area contributed by atoms with E-state index in [9.17, 15) is 27.5 Å². The zero-order valence-corrected chi connectivity index (χ0v) is 25.9. The van der Waals surface area contributed by atoms with Crippen LogP contribution in [0.1, 0.15) is 55.3 Å². The first-order chi connectivity index (χ1) is 21.1. The van der Waals surface area contributed by atoms with E-state index in [0.717, 1.165) is 29.0 Å². The van der Waals surface area contributed by atoms with Crippen LogP contribution in [0.4, 0.5) is 13.2 Å². The zero-order valence-electron chi connectivity index (χ0n) is 25.1. The lowest BCUT2D eigenvalue weighted by Crippen LogP contribution is -2.39. The first kappa shape index (κ1) is 31.9. The van der Waals surface area contributed by atoms with Crippen LogP contribution in [-0.4, -0.2) is 58.2 Å². The molecule has 1 N–H and O–H groups in total. The molecular formula is C32H31F3N4O5S. The number of phenols is 1. The number of amides is 1. The number of aromatic hydroxyl groups is 1. The van der Waals surface area contributed by atoms with Gasteiger partial charge in [-0.2, -0.15) is 0 Å². The molecule has 1 fully saturated rings. The van der Waals surface area contributed by atoms with Crippen molar-refractivity contribution in [1.29, 1.82) is 0 Å². The van der Waals surface area contributed by atoms with Gasteiger partial charge >= 0.3 is 0 Å². The Balaban J connectivity index is 1.93. The lowest BCUT2D eigenvalue weighted by Gasteiger charge is -2.33. The predicted molar refractivity (Wildman–Crippen MR) is 163 cm³/mol. The summed E-state index contributed by atoms with van der Waals surface area (Å²) in [6.07, 6.45) is 2.68. The van der Waals surface area contributed by atoms with E-state index in [0.29, 0.717) is 11.3 Å². The van der Waals surface area contributed by atoms with Gasteiger partial charge in [-0.25, -0.2) is 26.6 Å². The van der Waals surface area contributed by atoms with Crippen molar-refractivity contribution in [2.24, 2.45) is 0 Å². The van der Waals surface area contributed by atoms with Crippen molar-refractivity contribution in [3.8, 4) is 22.7 Å². The average molecular weight is 641 g/mol. The summed E-state index contributed by atoms with van der Waals surface area (Å²) in [6.45, 7) is 8.47. The Bertz CT molecular complexity index is 2030. The molecule has 0 aliphatic carbocycles. The van der Waals surface area contributed by atoms with Gasteiger partial charge in [0, 0.05) is 30.9 Å². The lowest BCUT2D eigenvalue weighted by molar-refractivity contribution is -0.129. The van der Waals surface area contributed by atoms with Gasteiger partial charge in [-0.15, -0.1) is 0 Å². The Kier molecular flexibility index (Phi) is 8.34. The minimum atomic E-state index is -4.27. The molecule has 236 valence electrons. The molecule has 1 aromatic carbocycles. The van der Waals surface area contributed by atoms with Gasteiger partial charge in [-0.05, 0) is 67.0 Å². The maximum Gasteiger partial charge on any atom is 0.281 e. The number of nitrogens with zero attached hydrogens (tertiary/aromatic N) is 4. The van der Waals surface area contributed by atoms with Crippen LogP contribution in [-0.2, 0) is 14.6 Å². The number of carbonyl (C=O) groups excluding carboxylic acids is 1. The second-order valence-corrected chi connectivity index (χ2v) is 13.4. The molecule has 4 heterocycles. The molecule has 0 unspecified atom stereocenters. The summed E-state index contributed by atoms with van der Waals surface area (Å²) in [5.41, 5.74) is -1.03. The van der Waals surface area contributed by atoms with Crippen molar-refractivity contribution in [3.63, 3.8) is 0 Å². The summed E-state index contributed by atoms with van der Waals surface area (Å²) < 4.78 is 72.5. The fourth-order valence-corrected chi connectivity index (χ4v) is 7.09. The number of phenolic OH excluding ortho intramolecular Hbond substituents is 1. The molecule has 1 saturated heterocycles. The molecular weight excluding hydrogens is 609 g/mol. The highest BCUT2D eigenvalue weighted by molar-refractivity contribution is 7.90. The Labute approximate surface area is 257 Å². The first-order valence-electron chi connectivity index (χ1n) is 14.2. The van der Waals surface area contributed by atoms with E-state index in [1.54, 1.807) is 19.2 Å². The number of fused-ring (bicyclic) bond motifs is 1. The maximum absolute atomic E-state index is 16.0. The second-order valence-electron chi connectivity index (χ2n) is 11.5. The monoisotopic (exact) mass is 640 g/mol. The van der Waals surface area contributed by atoms with Gasteiger partial charge in [0.15, 0.2) is 21.5 Å². The molecule has 3 aromatic heterocycles. The molecule has 0 spiro atoms. The van der Waals surface area contributed by atoms with Crippen molar-refractivity contribution in [1.82, 2.24) is 19.4 Å². The fourth-order valence-electron chi connectivity index (χ4n) is 6.00. The molecule has 0 bridgehead atoms. The highest BCUT2D eigenvalue weighted by atomic mass is 32.2. The van der Waals surface area contributed by atoms with E-state index in [-0.39, 0.29) is 54.1 Å². The number of hydrogen-bond acceptors (Lipinski definition) is 7. The molecule has 4 aromatic rings. The van der Waals surface area contributed by atoms with Gasteiger partial charge in [0.05, 0.1) is 16.9 Å². The van der Waals surface area contributed by atoms with E-state index >= 15 is 8.78 Å². The molecule has 1 aliphatic heterocycles. The van der Waals surface area contributed by atoms with Crippen molar-refractivity contribution >= 4 is 26.8 Å². The Morgan fingerprint density at radius 2 is 1.80 bits per heavy atom. The molecule has 1 amide bonds. The van der Waals surface area contributed by atoms with E-state index in [4.69, 9.17) is 0 Å². The van der Waals surface area contributed by atoms with Crippen LogP contribution in [0.15, 0.2) is 58.6 Å². The van der Waals surface area contributed by atoms with Gasteiger partial charge in [0.2, 0.25) is 0 Å². The number of pyridine rings is 3. The highest BCUT2D eigenvalue weighted by Crippen LogP contribution is 2.40. The molecule has 0 saturated carbocycles. The molecule has 13 heteroatoms. The Hall–Kier alpha value is -4.52. The summed E-state index contributed by atoms with van der Waals surface area (Å²) in [5, 5.41) is 10.5. The molecule has 0 radical (unpaired) electrons. The van der Waals surface area contributed by atoms with E-state index in [1.807, 2.05) is 13.8 Å². The van der Waals surface area contributed by atoms with Gasteiger partial charge < -0.3 is 10.0 Å². The number of benzene rings is 1. The predicted octanol–water partition coefficient (Wildman–Crippen LogP) is 5.46. The third kappa shape index (κ3) is 5.60. The molecule has 9 nitrogen and oxygen atoms in total. The van der Waals surface area contributed by atoms with Crippen LogP contribution in [0.2, 0.25) is 0 Å². The third-order valence-electron chi connectivity index (χ3n) is 8.05. The smallest absolute Gasteiger partial charge is 0.281 e. The SMILES string of the molecule is C=C(F)C(=O)N1CCC(c2c(S(C)(=O)=O)c(=O)n(-c3c(C)ccnc3C(C)C)c3nc(-c4c(O)cccc4F)c(F)cc23)CC1. The third-order valence-corrected chi connectivity index (χ3v) is 9.18. The summed E-state index contributed by atoms with van der Waals surface area (Å²) in [4.78, 5) is 36.3. The Morgan fingerprint density at radius 1 is 1.13 bits per heavy atom. The van der Waals surface area contributed by atoms with Crippen molar-refractivity contribution in [2.45, 2.75) is 50.3 Å². The number of hydrogen-bond donors (Lipinski definition) is 1. The summed E-state index contributed by atoms with van der Waals surface area (Å²) in [6, 6.07) is 6.05. The standard InChI is InChI=1S/C32H31F3N4O5S/c1-16(2)26-28(17(3)9-12-36-26)39-30-20(15-22(35)27(37-30)25-21(34)7-6-8-23(25)40)24(29(32(39)42)45(5,43)44)19-10-13-38(14-11-19)31(41)18(4)33/h6-9,12,15-16,19,40H,4,10-11,13-14H2,1-3,5H3. The zero-order chi connectivity index (χ0) is 33.0. The van der Waals surface area contributed by atoms with Crippen molar-refractivity contribution < 1.29 is 31.5 Å². The van der Waals surface area contributed by atoms with Gasteiger partial charge in [0.1, 0.15) is 27.8 Å². The number of rotatable bonds is 6. The number of aryl methyl sites for hydroxylation is 1. The largest absolute Gasteiger partial charge is 0.507 e. The van der Waals surface area contributed by atoms with Crippen LogP contribution < -0.4 is 5.56 Å². The van der Waals surface area contributed by atoms with E-state index < -0.39 is 66.6 Å². The lowest BCUT2D eigenvalue weighted by atomic mass is 9.87. The average Bonchev–Trinajstić information content (AvgIpc) is 2.96. The maximum atomic E-state index is 16.0. The minimum absolute atomic E-state index is 0.00303. The number of halogens is 3. The molecule has 45 heavy (non-hydrogen) atoms. The number of aromatic nitrogens is 3. The van der Waals surface area contributed by atoms with Crippen LogP contribution >= 0.6 is 0 Å². The molecule has 0 atom stereocenters. The summed E-state index contributed by atoms with van der Waals surface area (Å²) in [5.74, 6) is -5.57. The van der Waals surface area contributed by atoms with Crippen LogP contribution in [0.3, 0.4) is 0 Å². The molecule has 5 rings (SSSR count).